The zero-order valence-electron chi connectivity index (χ0n) is 5.44. The van der Waals surface area contributed by atoms with E-state index in [0.29, 0.717) is 5.25 Å². The van der Waals surface area contributed by atoms with Crippen LogP contribution in [0.25, 0.3) is 0 Å². The minimum atomic E-state index is -0.677. The molecule has 0 rings (SSSR count). The Balaban J connectivity index is 3.87. The highest BCUT2D eigenvalue weighted by molar-refractivity contribution is 9.58. The van der Waals surface area contributed by atoms with E-state index in [1.54, 1.807) is 0 Å². The predicted molar refractivity (Wildman–Crippen MR) is 46.7 cm³/mol. The zero-order valence-corrected chi connectivity index (χ0v) is 7.84. The summed E-state index contributed by atoms with van der Waals surface area (Å²) in [5.41, 5.74) is 0. The van der Waals surface area contributed by atoms with Gasteiger partial charge in [-0.1, -0.05) is 5.92 Å². The van der Waals surface area contributed by atoms with Crippen LogP contribution in [0.3, 0.4) is 0 Å². The molecule has 0 aliphatic carbocycles. The molecule has 0 nitrogen and oxygen atoms in total. The highest BCUT2D eigenvalue weighted by Crippen LogP contribution is 2.52. The van der Waals surface area contributed by atoms with Crippen molar-refractivity contribution in [3.05, 3.63) is 0 Å². The monoisotopic (exact) mass is 194 g/mol. The molecule has 0 aromatic rings. The van der Waals surface area contributed by atoms with Crippen LogP contribution in [0, 0.1) is 12.3 Å². The van der Waals surface area contributed by atoms with Gasteiger partial charge in [0.25, 0.3) is 0 Å². The van der Waals surface area contributed by atoms with E-state index in [1.807, 2.05) is 0 Å². The van der Waals surface area contributed by atoms with Gasteiger partial charge in [0.2, 0.25) is 0 Å². The van der Waals surface area contributed by atoms with Gasteiger partial charge in [0, 0.05) is 0 Å². The molecule has 0 amide bonds. The van der Waals surface area contributed by atoms with Gasteiger partial charge in [0.05, 0.1) is 5.25 Å². The highest BCUT2D eigenvalue weighted by atomic mass is 79.9. The Kier molecular flexibility index (Phi) is 2.93. The fourth-order valence-electron chi connectivity index (χ4n) is 0.162. The van der Waals surface area contributed by atoms with Crippen molar-refractivity contribution in [2.24, 2.45) is 0 Å². The van der Waals surface area contributed by atoms with Crippen molar-refractivity contribution >= 4 is 23.3 Å². The van der Waals surface area contributed by atoms with E-state index in [9.17, 15) is 0 Å². The predicted octanol–water partition coefficient (Wildman–Crippen LogP) is 2.38. The standard InChI is InChI=1S/C6H11BrS/c1-5-6(2)8(3,4)7/h1,6H,2-4H3. The van der Waals surface area contributed by atoms with Crippen LogP contribution in [0.1, 0.15) is 6.92 Å². The first kappa shape index (κ1) is 8.39. The fourth-order valence-corrected chi connectivity index (χ4v) is 0.809. The second-order valence-corrected chi connectivity index (χ2v) is 10.4. The summed E-state index contributed by atoms with van der Waals surface area (Å²) >= 11 is 3.54. The fraction of sp³-hybridized carbons (Fsp3) is 0.667. The molecule has 1 atom stereocenters. The molecule has 0 aromatic carbocycles. The first-order valence-corrected chi connectivity index (χ1v) is 6.72. The third-order valence-corrected chi connectivity index (χ3v) is 4.58. The Morgan fingerprint density at radius 2 is 2.00 bits per heavy atom. The number of halogens is 1. The van der Waals surface area contributed by atoms with Gasteiger partial charge in [-0.15, -0.1) is 6.42 Å². The van der Waals surface area contributed by atoms with E-state index in [-0.39, 0.29) is 0 Å². The Morgan fingerprint density at radius 1 is 1.62 bits per heavy atom. The first-order chi connectivity index (χ1) is 3.48. The average Bonchev–Trinajstić information content (AvgIpc) is 1.62. The molecule has 0 aromatic heterocycles. The molecule has 0 saturated heterocycles. The van der Waals surface area contributed by atoms with Crippen LogP contribution < -0.4 is 0 Å². The molecule has 0 bridgehead atoms. The van der Waals surface area contributed by atoms with E-state index in [2.05, 4.69) is 40.2 Å². The van der Waals surface area contributed by atoms with Gasteiger partial charge in [-0.2, -0.15) is 8.46 Å². The second kappa shape index (κ2) is 2.80. The van der Waals surface area contributed by atoms with Crippen LogP contribution in [0.4, 0.5) is 0 Å². The van der Waals surface area contributed by atoms with Crippen LogP contribution in [-0.4, -0.2) is 17.8 Å². The third kappa shape index (κ3) is 2.64. The number of hydrogen-bond donors (Lipinski definition) is 0. The Morgan fingerprint density at radius 3 is 2.00 bits per heavy atom. The summed E-state index contributed by atoms with van der Waals surface area (Å²) < 4.78 is 0. The molecule has 0 N–H and O–H groups in total. The van der Waals surface area contributed by atoms with Crippen molar-refractivity contribution < 1.29 is 0 Å². The van der Waals surface area contributed by atoms with Gasteiger partial charge in [-0.25, -0.2) is 0 Å². The molecule has 0 radical (unpaired) electrons. The summed E-state index contributed by atoms with van der Waals surface area (Å²) in [4.78, 5) is 0. The van der Waals surface area contributed by atoms with Gasteiger partial charge in [-0.3, -0.25) is 0 Å². The summed E-state index contributed by atoms with van der Waals surface area (Å²) in [6, 6.07) is 0. The minimum Gasteiger partial charge on any atom is -0.175 e. The van der Waals surface area contributed by atoms with Gasteiger partial charge in [-0.05, 0) is 34.2 Å². The lowest BCUT2D eigenvalue weighted by Crippen LogP contribution is -2.02. The van der Waals surface area contributed by atoms with Crippen molar-refractivity contribution in [3.63, 3.8) is 0 Å². The van der Waals surface area contributed by atoms with E-state index in [0.717, 1.165) is 0 Å². The van der Waals surface area contributed by atoms with Crippen molar-refractivity contribution in [2.75, 3.05) is 12.5 Å². The molecule has 0 fully saturated rings. The summed E-state index contributed by atoms with van der Waals surface area (Å²) in [7, 11) is -0.677. The molecule has 0 aliphatic rings. The normalized spacial score (nSPS) is 16.9. The lowest BCUT2D eigenvalue weighted by Gasteiger charge is -2.25. The molecule has 8 heavy (non-hydrogen) atoms. The molecule has 0 spiro atoms. The minimum absolute atomic E-state index is 0.377. The summed E-state index contributed by atoms with van der Waals surface area (Å²) in [5.74, 6) is 2.70. The van der Waals surface area contributed by atoms with Crippen molar-refractivity contribution in [1.82, 2.24) is 0 Å². The van der Waals surface area contributed by atoms with Crippen LogP contribution >= 0.6 is 23.3 Å². The molecule has 0 heterocycles. The van der Waals surface area contributed by atoms with Crippen LogP contribution in [0.15, 0.2) is 0 Å². The SMILES string of the molecule is C#CC(C)S(C)(C)Br. The van der Waals surface area contributed by atoms with E-state index < -0.39 is 8.46 Å². The maximum absolute atomic E-state index is 5.20. The smallest absolute Gasteiger partial charge is 0.0554 e. The van der Waals surface area contributed by atoms with E-state index in [1.165, 1.54) is 0 Å². The second-order valence-electron chi connectivity index (χ2n) is 2.09. The number of rotatable bonds is 1. The molecule has 2 heteroatoms. The van der Waals surface area contributed by atoms with E-state index >= 15 is 0 Å². The van der Waals surface area contributed by atoms with Crippen LogP contribution in [0.5, 0.6) is 0 Å². The number of hydrogen-bond acceptors (Lipinski definition) is 0. The molecule has 0 aliphatic heterocycles. The zero-order chi connectivity index (χ0) is 6.78. The van der Waals surface area contributed by atoms with Gasteiger partial charge in [0.1, 0.15) is 0 Å². The third-order valence-electron chi connectivity index (χ3n) is 1.08. The summed E-state index contributed by atoms with van der Waals surface area (Å²) in [5, 5.41) is 0.377. The molecule has 48 valence electrons. The summed E-state index contributed by atoms with van der Waals surface area (Å²) in [6.45, 7) is 2.06. The van der Waals surface area contributed by atoms with Gasteiger partial charge < -0.3 is 0 Å². The molecular formula is C6H11BrS. The average molecular weight is 195 g/mol. The van der Waals surface area contributed by atoms with Crippen molar-refractivity contribution in [3.8, 4) is 12.3 Å². The van der Waals surface area contributed by atoms with Crippen molar-refractivity contribution in [2.45, 2.75) is 12.2 Å². The molecule has 0 saturated carbocycles. The Hall–Kier alpha value is 0.390. The molecular weight excluding hydrogens is 184 g/mol. The van der Waals surface area contributed by atoms with Gasteiger partial charge in [0.15, 0.2) is 0 Å². The maximum atomic E-state index is 5.20. The van der Waals surface area contributed by atoms with E-state index in [4.69, 9.17) is 6.42 Å². The van der Waals surface area contributed by atoms with Crippen LogP contribution in [0.2, 0.25) is 0 Å². The Bertz CT molecular complexity index is 107. The van der Waals surface area contributed by atoms with Crippen LogP contribution in [-0.2, 0) is 0 Å². The topological polar surface area (TPSA) is 0 Å². The van der Waals surface area contributed by atoms with Gasteiger partial charge >= 0.3 is 0 Å². The highest BCUT2D eigenvalue weighted by Gasteiger charge is 2.12. The summed E-state index contributed by atoms with van der Waals surface area (Å²) in [6.07, 6.45) is 9.50. The van der Waals surface area contributed by atoms with Crippen molar-refractivity contribution in [1.29, 1.82) is 0 Å². The number of terminal acetylenes is 1. The molecule has 1 unspecified atom stereocenters. The maximum Gasteiger partial charge on any atom is 0.0554 e. The lowest BCUT2D eigenvalue weighted by molar-refractivity contribution is 1.29. The first-order valence-electron chi connectivity index (χ1n) is 2.36. The lowest BCUT2D eigenvalue weighted by atomic mass is 10.5. The Labute approximate surface area is 60.6 Å². The quantitative estimate of drug-likeness (QED) is 0.563. The largest absolute Gasteiger partial charge is 0.175 e.